The normalized spacial score (nSPS) is 10.5. The zero-order valence-electron chi connectivity index (χ0n) is 11.0. The number of carbonyl (C=O) groups excluding carboxylic acids is 1. The lowest BCUT2D eigenvalue weighted by Crippen LogP contribution is -2.06. The van der Waals surface area contributed by atoms with Gasteiger partial charge in [-0.15, -0.1) is 0 Å². The van der Waals surface area contributed by atoms with Gasteiger partial charge in [-0.25, -0.2) is 4.39 Å². The number of benzene rings is 1. The van der Waals surface area contributed by atoms with Crippen LogP contribution in [-0.4, -0.2) is 25.2 Å². The van der Waals surface area contributed by atoms with Gasteiger partial charge in [-0.2, -0.15) is 0 Å². The summed E-state index contributed by atoms with van der Waals surface area (Å²) in [7, 11) is 2.81. The second kappa shape index (κ2) is 5.22. The van der Waals surface area contributed by atoms with Crippen LogP contribution in [0.2, 0.25) is 0 Å². The minimum absolute atomic E-state index is 0.0234. The molecule has 0 aliphatic carbocycles. The molecule has 100 valence electrons. The van der Waals surface area contributed by atoms with E-state index >= 15 is 0 Å². The van der Waals surface area contributed by atoms with Crippen LogP contribution >= 0.6 is 0 Å². The van der Waals surface area contributed by atoms with Gasteiger partial charge < -0.3 is 9.47 Å². The molecule has 0 saturated heterocycles. The molecule has 1 heterocycles. The van der Waals surface area contributed by atoms with E-state index in [1.54, 1.807) is 6.07 Å². The van der Waals surface area contributed by atoms with Crippen LogP contribution in [0.4, 0.5) is 4.39 Å². The zero-order chi connectivity index (χ0) is 14.0. The number of hydrogen-bond donors (Lipinski definition) is 0. The van der Waals surface area contributed by atoms with Gasteiger partial charge in [-0.1, -0.05) is 0 Å². The molecule has 0 unspecified atom stereocenters. The lowest BCUT2D eigenvalue weighted by Gasteiger charge is -2.10. The molecule has 0 fully saturated rings. The topological polar surface area (TPSA) is 48.4 Å². The van der Waals surface area contributed by atoms with Crippen molar-refractivity contribution in [1.29, 1.82) is 0 Å². The minimum Gasteiger partial charge on any atom is -0.496 e. The van der Waals surface area contributed by atoms with Crippen molar-refractivity contribution >= 4 is 16.9 Å². The van der Waals surface area contributed by atoms with Crippen LogP contribution in [0.15, 0.2) is 18.2 Å². The maximum Gasteiger partial charge on any atom is 0.310 e. The molecule has 0 aliphatic rings. The molecule has 0 atom stereocenters. The third-order valence-corrected chi connectivity index (χ3v) is 2.83. The Morgan fingerprint density at radius 3 is 2.68 bits per heavy atom. The Bertz CT molecular complexity index is 640. The van der Waals surface area contributed by atoms with E-state index in [1.165, 1.54) is 26.4 Å². The standard InChI is InChI=1S/C14H14FNO3/c1-8-4-12(18-2)11-7-10(15)5-9(14(11)16-8)6-13(17)19-3/h4-5,7H,6H2,1-3H3. The van der Waals surface area contributed by atoms with Gasteiger partial charge in [0.25, 0.3) is 0 Å². The van der Waals surface area contributed by atoms with Crippen LogP contribution in [0.3, 0.4) is 0 Å². The number of aromatic nitrogens is 1. The van der Waals surface area contributed by atoms with Crippen molar-refractivity contribution in [3.63, 3.8) is 0 Å². The fourth-order valence-corrected chi connectivity index (χ4v) is 1.98. The molecule has 0 bridgehead atoms. The molecule has 2 rings (SSSR count). The number of methoxy groups -OCH3 is 2. The highest BCUT2D eigenvalue weighted by Gasteiger charge is 2.14. The van der Waals surface area contributed by atoms with Crippen LogP contribution in [0.1, 0.15) is 11.3 Å². The van der Waals surface area contributed by atoms with Crippen LogP contribution in [0, 0.1) is 12.7 Å². The minimum atomic E-state index is -0.436. The van der Waals surface area contributed by atoms with Crippen molar-refractivity contribution in [3.8, 4) is 5.75 Å². The number of ether oxygens (including phenoxy) is 2. The second-order valence-electron chi connectivity index (χ2n) is 4.18. The first-order valence-corrected chi connectivity index (χ1v) is 5.75. The number of pyridine rings is 1. The predicted octanol–water partition coefficient (Wildman–Crippen LogP) is 2.41. The fraction of sp³-hybridized carbons (Fsp3) is 0.286. The number of carbonyl (C=O) groups is 1. The van der Waals surface area contributed by atoms with E-state index in [0.29, 0.717) is 22.2 Å². The Morgan fingerprint density at radius 1 is 1.32 bits per heavy atom. The molecule has 0 spiro atoms. The van der Waals surface area contributed by atoms with Crippen molar-refractivity contribution in [2.24, 2.45) is 0 Å². The lowest BCUT2D eigenvalue weighted by atomic mass is 10.1. The summed E-state index contributed by atoms with van der Waals surface area (Å²) in [4.78, 5) is 15.7. The van der Waals surface area contributed by atoms with Crippen molar-refractivity contribution in [2.45, 2.75) is 13.3 Å². The molecule has 0 amide bonds. The van der Waals surface area contributed by atoms with E-state index in [-0.39, 0.29) is 6.42 Å². The van der Waals surface area contributed by atoms with Crippen LogP contribution < -0.4 is 4.74 Å². The summed E-state index contributed by atoms with van der Waals surface area (Å²) in [6.45, 7) is 1.81. The van der Waals surface area contributed by atoms with Gasteiger partial charge in [0.15, 0.2) is 0 Å². The number of hydrogen-bond acceptors (Lipinski definition) is 4. The average Bonchev–Trinajstić information content (AvgIpc) is 2.38. The largest absolute Gasteiger partial charge is 0.496 e. The molecule has 0 saturated carbocycles. The van der Waals surface area contributed by atoms with E-state index in [2.05, 4.69) is 9.72 Å². The SMILES string of the molecule is COC(=O)Cc1cc(F)cc2c(OC)cc(C)nc12. The summed E-state index contributed by atoms with van der Waals surface area (Å²) in [6.07, 6.45) is -0.0234. The monoisotopic (exact) mass is 263 g/mol. The van der Waals surface area contributed by atoms with E-state index in [1.807, 2.05) is 6.92 Å². The van der Waals surface area contributed by atoms with Gasteiger partial charge in [0.2, 0.25) is 0 Å². The summed E-state index contributed by atoms with van der Waals surface area (Å²) in [6, 6.07) is 4.37. The summed E-state index contributed by atoms with van der Waals surface area (Å²) in [5.74, 6) is -0.336. The van der Waals surface area contributed by atoms with Crippen LogP contribution in [0.5, 0.6) is 5.75 Å². The fourth-order valence-electron chi connectivity index (χ4n) is 1.98. The molecule has 19 heavy (non-hydrogen) atoms. The number of nitrogens with zero attached hydrogens (tertiary/aromatic N) is 1. The Morgan fingerprint density at radius 2 is 2.05 bits per heavy atom. The molecule has 0 aliphatic heterocycles. The molecule has 5 heteroatoms. The average molecular weight is 263 g/mol. The quantitative estimate of drug-likeness (QED) is 0.798. The molecule has 1 aromatic heterocycles. The molecular formula is C14H14FNO3. The summed E-state index contributed by atoms with van der Waals surface area (Å²) in [5, 5.41) is 0.548. The summed E-state index contributed by atoms with van der Waals surface area (Å²) < 4.78 is 23.5. The van der Waals surface area contributed by atoms with Crippen LogP contribution in [0.25, 0.3) is 10.9 Å². The molecule has 2 aromatic rings. The first-order chi connectivity index (χ1) is 9.05. The lowest BCUT2D eigenvalue weighted by molar-refractivity contribution is -0.139. The number of aryl methyl sites for hydroxylation is 1. The van der Waals surface area contributed by atoms with Crippen molar-refractivity contribution < 1.29 is 18.7 Å². The number of fused-ring (bicyclic) bond motifs is 1. The molecule has 4 nitrogen and oxygen atoms in total. The Labute approximate surface area is 110 Å². The van der Waals surface area contributed by atoms with Crippen molar-refractivity contribution in [3.05, 3.63) is 35.3 Å². The van der Waals surface area contributed by atoms with Crippen LogP contribution in [-0.2, 0) is 16.0 Å². The Kier molecular flexibility index (Phi) is 3.64. The van der Waals surface area contributed by atoms with E-state index in [9.17, 15) is 9.18 Å². The van der Waals surface area contributed by atoms with E-state index < -0.39 is 11.8 Å². The molecular weight excluding hydrogens is 249 g/mol. The van der Waals surface area contributed by atoms with Gasteiger partial charge in [-0.3, -0.25) is 9.78 Å². The second-order valence-corrected chi connectivity index (χ2v) is 4.18. The number of esters is 1. The number of rotatable bonds is 3. The third-order valence-electron chi connectivity index (χ3n) is 2.83. The van der Waals surface area contributed by atoms with Gasteiger partial charge in [0.1, 0.15) is 11.6 Å². The Balaban J connectivity index is 2.69. The summed E-state index contributed by atoms with van der Waals surface area (Å²) in [5.41, 5.74) is 1.79. The Hall–Kier alpha value is -2.17. The smallest absolute Gasteiger partial charge is 0.310 e. The van der Waals surface area contributed by atoms with Crippen molar-refractivity contribution in [1.82, 2.24) is 4.98 Å². The van der Waals surface area contributed by atoms with Gasteiger partial charge in [0.05, 0.1) is 26.2 Å². The summed E-state index contributed by atoms with van der Waals surface area (Å²) >= 11 is 0. The van der Waals surface area contributed by atoms with E-state index in [4.69, 9.17) is 4.74 Å². The predicted molar refractivity (Wildman–Crippen MR) is 68.7 cm³/mol. The molecule has 0 N–H and O–H groups in total. The van der Waals surface area contributed by atoms with Crippen molar-refractivity contribution in [2.75, 3.05) is 14.2 Å². The highest BCUT2D eigenvalue weighted by Crippen LogP contribution is 2.29. The van der Waals surface area contributed by atoms with Gasteiger partial charge >= 0.3 is 5.97 Å². The molecule has 1 aromatic carbocycles. The van der Waals surface area contributed by atoms with E-state index in [0.717, 1.165) is 5.69 Å². The van der Waals surface area contributed by atoms with Gasteiger partial charge in [0, 0.05) is 17.1 Å². The molecule has 0 radical (unpaired) electrons. The maximum absolute atomic E-state index is 13.6. The first kappa shape index (κ1) is 13.3. The third kappa shape index (κ3) is 2.65. The zero-order valence-corrected chi connectivity index (χ0v) is 11.0. The number of halogens is 1. The van der Waals surface area contributed by atoms with Gasteiger partial charge in [-0.05, 0) is 24.6 Å². The highest BCUT2D eigenvalue weighted by molar-refractivity contribution is 5.90. The maximum atomic E-state index is 13.6. The first-order valence-electron chi connectivity index (χ1n) is 5.75. The highest BCUT2D eigenvalue weighted by atomic mass is 19.1.